The van der Waals surface area contributed by atoms with Gasteiger partial charge in [-0.3, -0.25) is 9.59 Å². The summed E-state index contributed by atoms with van der Waals surface area (Å²) < 4.78 is 11.3. The number of ether oxygens (including phenoxy) is 2. The van der Waals surface area contributed by atoms with E-state index in [1.54, 1.807) is 4.90 Å². The third kappa shape index (κ3) is 5.01. The molecule has 0 aliphatic carbocycles. The van der Waals surface area contributed by atoms with Crippen molar-refractivity contribution in [3.05, 3.63) is 54.4 Å². The summed E-state index contributed by atoms with van der Waals surface area (Å²) in [6.07, 6.45) is 3.33. The van der Waals surface area contributed by atoms with Crippen LogP contribution in [0.15, 0.2) is 48.5 Å². The molecule has 8 nitrogen and oxygen atoms in total. The summed E-state index contributed by atoms with van der Waals surface area (Å²) in [6.45, 7) is 1.89. The zero-order valence-corrected chi connectivity index (χ0v) is 18.5. The molecular formula is C25H28N4O4. The Bertz CT molecular complexity index is 1120. The number of fused-ring (bicyclic) bond motifs is 1. The van der Waals surface area contributed by atoms with Crippen molar-refractivity contribution >= 4 is 28.5 Å². The number of carbonyl (C=O) groups is 2. The van der Waals surface area contributed by atoms with Crippen molar-refractivity contribution in [2.45, 2.75) is 31.8 Å². The molecule has 33 heavy (non-hydrogen) atoms. The molecule has 3 aromatic rings. The summed E-state index contributed by atoms with van der Waals surface area (Å²) in [4.78, 5) is 35.0. The highest BCUT2D eigenvalue weighted by molar-refractivity contribution is 5.94. The van der Waals surface area contributed by atoms with E-state index in [-0.39, 0.29) is 30.4 Å². The third-order valence-electron chi connectivity index (χ3n) is 6.33. The monoisotopic (exact) mass is 448 g/mol. The number of imidazole rings is 1. The number of likely N-dealkylation sites (tertiary alicyclic amines) is 1. The van der Waals surface area contributed by atoms with Gasteiger partial charge < -0.3 is 24.7 Å². The number of anilines is 1. The molecule has 2 N–H and O–H groups in total. The number of nitrogens with zero attached hydrogens (tertiary/aromatic N) is 2. The first kappa shape index (κ1) is 21.5. The average Bonchev–Trinajstić information content (AvgIpc) is 3.53. The number of rotatable bonds is 6. The second-order valence-corrected chi connectivity index (χ2v) is 8.60. The number of hydrogen-bond donors (Lipinski definition) is 2. The van der Waals surface area contributed by atoms with Crippen LogP contribution in [0, 0.1) is 5.92 Å². The van der Waals surface area contributed by atoms with Gasteiger partial charge in [0.15, 0.2) is 6.61 Å². The van der Waals surface area contributed by atoms with Gasteiger partial charge in [0.05, 0.1) is 11.0 Å². The number of aromatic nitrogens is 2. The molecule has 2 fully saturated rings. The Hall–Kier alpha value is -3.39. The highest BCUT2D eigenvalue weighted by atomic mass is 16.5. The Morgan fingerprint density at radius 2 is 1.94 bits per heavy atom. The molecule has 8 heteroatoms. The van der Waals surface area contributed by atoms with Crippen LogP contribution < -0.4 is 10.1 Å². The number of H-pyrrole nitrogens is 1. The molecule has 0 radical (unpaired) electrons. The van der Waals surface area contributed by atoms with Crippen LogP contribution in [0.1, 0.15) is 37.6 Å². The SMILES string of the molecule is O=C(Nc1ccc2nc(C3CCCO3)[nH]c2c1)C1CCN(C(=O)COc2ccccc2)CC1. The van der Waals surface area contributed by atoms with Crippen molar-refractivity contribution in [3.8, 4) is 5.75 Å². The van der Waals surface area contributed by atoms with Crippen molar-refractivity contribution in [1.29, 1.82) is 0 Å². The standard InChI is InChI=1S/C25H28N4O4/c30-23(16-33-19-5-2-1-3-6-19)29-12-10-17(11-13-29)25(31)26-18-8-9-20-21(15-18)28-24(27-20)22-7-4-14-32-22/h1-3,5-6,8-9,15,17,22H,4,7,10-14,16H2,(H,26,31)(H,27,28). The van der Waals surface area contributed by atoms with Gasteiger partial charge in [0.1, 0.15) is 17.7 Å². The fourth-order valence-corrected chi connectivity index (χ4v) is 4.44. The van der Waals surface area contributed by atoms with E-state index in [1.807, 2.05) is 48.5 Å². The van der Waals surface area contributed by atoms with E-state index in [1.165, 1.54) is 0 Å². The van der Waals surface area contributed by atoms with Crippen LogP contribution in [0.5, 0.6) is 5.75 Å². The van der Waals surface area contributed by atoms with Gasteiger partial charge in [-0.2, -0.15) is 0 Å². The number of benzene rings is 2. The van der Waals surface area contributed by atoms with Crippen LogP contribution in [-0.4, -0.2) is 53.0 Å². The zero-order chi connectivity index (χ0) is 22.6. The predicted octanol–water partition coefficient (Wildman–Crippen LogP) is 3.67. The second-order valence-electron chi connectivity index (χ2n) is 8.60. The Balaban J connectivity index is 1.12. The summed E-state index contributed by atoms with van der Waals surface area (Å²) in [5.74, 6) is 1.34. The molecular weight excluding hydrogens is 420 g/mol. The number of piperidine rings is 1. The number of para-hydroxylation sites is 1. The van der Waals surface area contributed by atoms with E-state index in [9.17, 15) is 9.59 Å². The lowest BCUT2D eigenvalue weighted by Gasteiger charge is -2.31. The number of aromatic amines is 1. The average molecular weight is 449 g/mol. The molecule has 2 aliphatic rings. The first-order chi connectivity index (χ1) is 16.2. The van der Waals surface area contributed by atoms with Gasteiger partial charge in [-0.25, -0.2) is 4.98 Å². The van der Waals surface area contributed by atoms with Crippen LogP contribution in [-0.2, 0) is 14.3 Å². The predicted molar refractivity (Wildman–Crippen MR) is 124 cm³/mol. The van der Waals surface area contributed by atoms with Gasteiger partial charge in [0.25, 0.3) is 5.91 Å². The van der Waals surface area contributed by atoms with Crippen molar-refractivity contribution < 1.29 is 19.1 Å². The van der Waals surface area contributed by atoms with Crippen molar-refractivity contribution in [1.82, 2.24) is 14.9 Å². The van der Waals surface area contributed by atoms with E-state index >= 15 is 0 Å². The van der Waals surface area contributed by atoms with Crippen molar-refractivity contribution in [2.75, 3.05) is 31.6 Å². The summed E-state index contributed by atoms with van der Waals surface area (Å²) in [6, 6.07) is 15.0. The molecule has 2 aliphatic heterocycles. The molecule has 3 heterocycles. The maximum atomic E-state index is 12.8. The molecule has 1 aromatic heterocycles. The Morgan fingerprint density at radius 1 is 1.12 bits per heavy atom. The van der Waals surface area contributed by atoms with Crippen molar-refractivity contribution in [3.63, 3.8) is 0 Å². The number of amides is 2. The molecule has 0 saturated carbocycles. The number of hydrogen-bond acceptors (Lipinski definition) is 5. The quantitative estimate of drug-likeness (QED) is 0.600. The Morgan fingerprint density at radius 3 is 2.70 bits per heavy atom. The second kappa shape index (κ2) is 9.62. The minimum atomic E-state index is -0.121. The van der Waals surface area contributed by atoms with Gasteiger partial charge in [-0.1, -0.05) is 18.2 Å². The fraction of sp³-hybridized carbons (Fsp3) is 0.400. The molecule has 5 rings (SSSR count). The lowest BCUT2D eigenvalue weighted by Crippen LogP contribution is -2.43. The third-order valence-corrected chi connectivity index (χ3v) is 6.33. The van der Waals surface area contributed by atoms with E-state index in [4.69, 9.17) is 9.47 Å². The highest BCUT2D eigenvalue weighted by Gasteiger charge is 2.28. The molecule has 172 valence electrons. The van der Waals surface area contributed by atoms with Gasteiger partial charge in [-0.15, -0.1) is 0 Å². The summed E-state index contributed by atoms with van der Waals surface area (Å²) in [5.41, 5.74) is 2.49. The van der Waals surface area contributed by atoms with Crippen LogP contribution in [0.4, 0.5) is 5.69 Å². The minimum absolute atomic E-state index is 0.0129. The van der Waals surface area contributed by atoms with E-state index in [2.05, 4.69) is 15.3 Å². The summed E-state index contributed by atoms with van der Waals surface area (Å²) in [7, 11) is 0. The Kier molecular flexibility index (Phi) is 6.26. The van der Waals surface area contributed by atoms with E-state index in [0.29, 0.717) is 31.7 Å². The van der Waals surface area contributed by atoms with Crippen LogP contribution in [0.25, 0.3) is 11.0 Å². The van der Waals surface area contributed by atoms with Gasteiger partial charge in [0.2, 0.25) is 5.91 Å². The first-order valence-corrected chi connectivity index (χ1v) is 11.5. The van der Waals surface area contributed by atoms with Gasteiger partial charge in [0, 0.05) is 31.3 Å². The summed E-state index contributed by atoms with van der Waals surface area (Å²) >= 11 is 0. The van der Waals surface area contributed by atoms with Crippen LogP contribution >= 0.6 is 0 Å². The normalized spacial score (nSPS) is 19.0. The lowest BCUT2D eigenvalue weighted by molar-refractivity contribution is -0.136. The van der Waals surface area contributed by atoms with Gasteiger partial charge in [-0.05, 0) is 56.0 Å². The van der Waals surface area contributed by atoms with Gasteiger partial charge >= 0.3 is 0 Å². The molecule has 2 amide bonds. The number of carbonyl (C=O) groups excluding carboxylic acids is 2. The summed E-state index contributed by atoms with van der Waals surface area (Å²) in [5, 5.41) is 3.03. The zero-order valence-electron chi connectivity index (χ0n) is 18.5. The minimum Gasteiger partial charge on any atom is -0.484 e. The first-order valence-electron chi connectivity index (χ1n) is 11.5. The molecule has 1 atom stereocenters. The maximum absolute atomic E-state index is 12.8. The molecule has 0 bridgehead atoms. The van der Waals surface area contributed by atoms with Crippen molar-refractivity contribution in [2.24, 2.45) is 5.92 Å². The van der Waals surface area contributed by atoms with Crippen LogP contribution in [0.3, 0.4) is 0 Å². The highest BCUT2D eigenvalue weighted by Crippen LogP contribution is 2.29. The molecule has 2 saturated heterocycles. The lowest BCUT2D eigenvalue weighted by atomic mass is 9.95. The number of nitrogens with one attached hydrogen (secondary N) is 2. The molecule has 2 aromatic carbocycles. The van der Waals surface area contributed by atoms with E-state index in [0.717, 1.165) is 42.0 Å². The molecule has 0 spiro atoms. The Labute approximate surface area is 192 Å². The topological polar surface area (TPSA) is 96.5 Å². The smallest absolute Gasteiger partial charge is 0.260 e. The largest absolute Gasteiger partial charge is 0.484 e. The maximum Gasteiger partial charge on any atom is 0.260 e. The molecule has 1 unspecified atom stereocenters. The van der Waals surface area contributed by atoms with E-state index < -0.39 is 0 Å². The van der Waals surface area contributed by atoms with Crippen LogP contribution in [0.2, 0.25) is 0 Å². The fourth-order valence-electron chi connectivity index (χ4n) is 4.44.